The molecule has 0 radical (unpaired) electrons. The number of hydrogen-bond donors (Lipinski definition) is 2. The van der Waals surface area contributed by atoms with Crippen LogP contribution in [-0.4, -0.2) is 17.4 Å². The molecule has 1 aromatic heterocycles. The second kappa shape index (κ2) is 7.11. The SMILES string of the molecule is CC(C)CC(CN)C(=O)N[C@H](C)c1ccccn1. The Hall–Kier alpha value is -1.42. The molecule has 2 atom stereocenters. The molecule has 0 spiro atoms. The topological polar surface area (TPSA) is 68.0 Å². The Morgan fingerprint density at radius 2 is 2.11 bits per heavy atom. The molecule has 0 aliphatic heterocycles. The molecule has 0 aliphatic rings. The third-order valence-electron chi connectivity index (χ3n) is 2.90. The largest absolute Gasteiger partial charge is 0.348 e. The van der Waals surface area contributed by atoms with Crippen molar-refractivity contribution in [3.05, 3.63) is 30.1 Å². The Morgan fingerprint density at radius 3 is 2.61 bits per heavy atom. The van der Waals surface area contributed by atoms with Gasteiger partial charge in [0.1, 0.15) is 0 Å². The summed E-state index contributed by atoms with van der Waals surface area (Å²) in [6.45, 7) is 6.51. The second-order valence-electron chi connectivity index (χ2n) is 5.05. The summed E-state index contributed by atoms with van der Waals surface area (Å²) in [5.41, 5.74) is 6.53. The number of aromatic nitrogens is 1. The zero-order valence-electron chi connectivity index (χ0n) is 11.4. The van der Waals surface area contributed by atoms with Gasteiger partial charge in [-0.1, -0.05) is 19.9 Å². The van der Waals surface area contributed by atoms with Gasteiger partial charge < -0.3 is 11.1 Å². The van der Waals surface area contributed by atoms with Crippen molar-refractivity contribution in [2.24, 2.45) is 17.6 Å². The van der Waals surface area contributed by atoms with Gasteiger partial charge in [-0.05, 0) is 31.4 Å². The lowest BCUT2D eigenvalue weighted by Gasteiger charge is -2.20. The van der Waals surface area contributed by atoms with Gasteiger partial charge in [0.15, 0.2) is 0 Å². The van der Waals surface area contributed by atoms with Crippen molar-refractivity contribution in [3.63, 3.8) is 0 Å². The van der Waals surface area contributed by atoms with Crippen LogP contribution in [0, 0.1) is 11.8 Å². The van der Waals surface area contributed by atoms with Gasteiger partial charge in [0, 0.05) is 12.7 Å². The minimum atomic E-state index is -0.115. The first kappa shape index (κ1) is 14.6. The summed E-state index contributed by atoms with van der Waals surface area (Å²) in [5, 5.41) is 2.97. The molecule has 100 valence electrons. The lowest BCUT2D eigenvalue weighted by molar-refractivity contribution is -0.125. The Kier molecular flexibility index (Phi) is 5.78. The van der Waals surface area contributed by atoms with E-state index in [-0.39, 0.29) is 17.9 Å². The maximum Gasteiger partial charge on any atom is 0.224 e. The van der Waals surface area contributed by atoms with Gasteiger partial charge in [0.05, 0.1) is 17.7 Å². The van der Waals surface area contributed by atoms with Crippen molar-refractivity contribution in [2.45, 2.75) is 33.2 Å². The Labute approximate surface area is 109 Å². The number of carbonyl (C=O) groups is 1. The molecule has 0 saturated carbocycles. The molecule has 1 aromatic rings. The number of rotatable bonds is 6. The van der Waals surface area contributed by atoms with E-state index in [4.69, 9.17) is 5.73 Å². The summed E-state index contributed by atoms with van der Waals surface area (Å²) in [7, 11) is 0. The van der Waals surface area contributed by atoms with Crippen LogP contribution in [0.15, 0.2) is 24.4 Å². The van der Waals surface area contributed by atoms with E-state index in [0.29, 0.717) is 12.5 Å². The summed E-state index contributed by atoms with van der Waals surface area (Å²) in [6.07, 6.45) is 2.55. The summed E-state index contributed by atoms with van der Waals surface area (Å²) in [5.74, 6) is 0.370. The zero-order chi connectivity index (χ0) is 13.5. The third kappa shape index (κ3) is 4.45. The average Bonchev–Trinajstić information content (AvgIpc) is 2.36. The van der Waals surface area contributed by atoms with Gasteiger partial charge in [-0.2, -0.15) is 0 Å². The molecule has 18 heavy (non-hydrogen) atoms. The smallest absolute Gasteiger partial charge is 0.224 e. The zero-order valence-corrected chi connectivity index (χ0v) is 11.4. The van der Waals surface area contributed by atoms with Gasteiger partial charge in [-0.3, -0.25) is 9.78 Å². The monoisotopic (exact) mass is 249 g/mol. The molecule has 1 rings (SSSR count). The first-order chi connectivity index (χ1) is 8.54. The molecule has 1 amide bonds. The van der Waals surface area contributed by atoms with E-state index in [1.807, 2.05) is 25.1 Å². The van der Waals surface area contributed by atoms with Gasteiger partial charge in [0.25, 0.3) is 0 Å². The van der Waals surface area contributed by atoms with Gasteiger partial charge in [0.2, 0.25) is 5.91 Å². The van der Waals surface area contributed by atoms with Crippen LogP contribution in [0.1, 0.15) is 38.9 Å². The Morgan fingerprint density at radius 1 is 1.39 bits per heavy atom. The predicted molar refractivity (Wildman–Crippen MR) is 72.8 cm³/mol. The van der Waals surface area contributed by atoms with Gasteiger partial charge in [-0.25, -0.2) is 0 Å². The number of hydrogen-bond acceptors (Lipinski definition) is 3. The molecule has 0 fully saturated rings. The van der Waals surface area contributed by atoms with Crippen molar-refractivity contribution >= 4 is 5.91 Å². The summed E-state index contributed by atoms with van der Waals surface area (Å²) < 4.78 is 0. The molecule has 0 saturated heterocycles. The standard InChI is InChI=1S/C14H23N3O/c1-10(2)8-12(9-15)14(18)17-11(3)13-6-4-5-7-16-13/h4-7,10-12H,8-9,15H2,1-3H3,(H,17,18)/t11-,12?/m1/s1. The second-order valence-corrected chi connectivity index (χ2v) is 5.05. The fraction of sp³-hybridized carbons (Fsp3) is 0.571. The van der Waals surface area contributed by atoms with E-state index in [9.17, 15) is 4.79 Å². The molecule has 4 heteroatoms. The lowest BCUT2D eigenvalue weighted by atomic mass is 9.96. The van der Waals surface area contributed by atoms with E-state index in [0.717, 1.165) is 12.1 Å². The van der Waals surface area contributed by atoms with Crippen molar-refractivity contribution in [1.82, 2.24) is 10.3 Å². The minimum Gasteiger partial charge on any atom is -0.348 e. The molecule has 0 bridgehead atoms. The highest BCUT2D eigenvalue weighted by atomic mass is 16.1. The van der Waals surface area contributed by atoms with E-state index < -0.39 is 0 Å². The van der Waals surface area contributed by atoms with E-state index in [1.165, 1.54) is 0 Å². The molecular formula is C14H23N3O. The van der Waals surface area contributed by atoms with Crippen LogP contribution in [-0.2, 0) is 4.79 Å². The van der Waals surface area contributed by atoms with Gasteiger partial charge >= 0.3 is 0 Å². The number of amides is 1. The first-order valence-corrected chi connectivity index (χ1v) is 6.46. The highest BCUT2D eigenvalue weighted by molar-refractivity contribution is 5.79. The van der Waals surface area contributed by atoms with Crippen molar-refractivity contribution in [2.75, 3.05) is 6.54 Å². The Bertz CT molecular complexity index is 365. The van der Waals surface area contributed by atoms with Crippen LogP contribution in [0.3, 0.4) is 0 Å². The summed E-state index contributed by atoms with van der Waals surface area (Å²) in [4.78, 5) is 16.3. The number of pyridine rings is 1. The quantitative estimate of drug-likeness (QED) is 0.809. The average molecular weight is 249 g/mol. The molecule has 3 N–H and O–H groups in total. The van der Waals surface area contributed by atoms with E-state index >= 15 is 0 Å². The number of nitrogens with zero attached hydrogens (tertiary/aromatic N) is 1. The highest BCUT2D eigenvalue weighted by Crippen LogP contribution is 2.14. The van der Waals surface area contributed by atoms with E-state index in [1.54, 1.807) is 6.20 Å². The third-order valence-corrected chi connectivity index (χ3v) is 2.90. The fourth-order valence-corrected chi connectivity index (χ4v) is 1.92. The number of nitrogens with two attached hydrogens (primary N) is 1. The van der Waals surface area contributed by atoms with Crippen molar-refractivity contribution < 1.29 is 4.79 Å². The van der Waals surface area contributed by atoms with Crippen LogP contribution in [0.2, 0.25) is 0 Å². The Balaban J connectivity index is 2.58. The summed E-state index contributed by atoms with van der Waals surface area (Å²) in [6, 6.07) is 5.60. The summed E-state index contributed by atoms with van der Waals surface area (Å²) >= 11 is 0. The van der Waals surface area contributed by atoms with Crippen LogP contribution < -0.4 is 11.1 Å². The number of nitrogens with one attached hydrogen (secondary N) is 1. The maximum atomic E-state index is 12.1. The molecule has 4 nitrogen and oxygen atoms in total. The molecular weight excluding hydrogens is 226 g/mol. The normalized spacial score (nSPS) is 14.3. The minimum absolute atomic E-state index is 0.0179. The van der Waals surface area contributed by atoms with Gasteiger partial charge in [-0.15, -0.1) is 0 Å². The lowest BCUT2D eigenvalue weighted by Crippen LogP contribution is -2.37. The molecule has 1 unspecified atom stereocenters. The van der Waals surface area contributed by atoms with Crippen LogP contribution in [0.25, 0.3) is 0 Å². The van der Waals surface area contributed by atoms with Crippen LogP contribution >= 0.6 is 0 Å². The van der Waals surface area contributed by atoms with Crippen molar-refractivity contribution in [3.8, 4) is 0 Å². The highest BCUT2D eigenvalue weighted by Gasteiger charge is 2.20. The fourth-order valence-electron chi connectivity index (χ4n) is 1.92. The van der Waals surface area contributed by atoms with Crippen LogP contribution in [0.5, 0.6) is 0 Å². The van der Waals surface area contributed by atoms with Crippen molar-refractivity contribution in [1.29, 1.82) is 0 Å². The first-order valence-electron chi connectivity index (χ1n) is 6.46. The molecule has 1 heterocycles. The molecule has 0 aromatic carbocycles. The molecule has 0 aliphatic carbocycles. The predicted octanol–water partition coefficient (Wildman–Crippen LogP) is 1.88. The van der Waals surface area contributed by atoms with Crippen LogP contribution in [0.4, 0.5) is 0 Å². The van der Waals surface area contributed by atoms with E-state index in [2.05, 4.69) is 24.1 Å². The maximum absolute atomic E-state index is 12.1. The number of carbonyl (C=O) groups excluding carboxylic acids is 1.